The number of hydrogen-bond donors (Lipinski definition) is 0. The molecule has 0 aromatic heterocycles. The topological polar surface area (TPSA) is 12.5 Å². The van der Waals surface area contributed by atoms with Gasteiger partial charge in [0.05, 0.1) is 12.7 Å². The molecule has 1 aliphatic rings. The third-order valence-electron chi connectivity index (χ3n) is 0.833. The molecule has 0 aromatic carbocycles. The first-order chi connectivity index (χ1) is 2.93. The molecule has 6 heavy (non-hydrogen) atoms. The molecule has 0 aliphatic carbocycles. The van der Waals surface area contributed by atoms with Gasteiger partial charge < -0.3 is 4.74 Å². The smallest absolute Gasteiger partial charge is 0.0817 e. The van der Waals surface area contributed by atoms with Gasteiger partial charge in [0, 0.05) is 5.33 Å². The van der Waals surface area contributed by atoms with Gasteiger partial charge in [0.15, 0.2) is 0 Å². The fraction of sp³-hybridized carbons (Fsp3) is 1.00. The van der Waals surface area contributed by atoms with Gasteiger partial charge in [0.2, 0.25) is 0 Å². The van der Waals surface area contributed by atoms with Crippen LogP contribution < -0.4 is 0 Å². The molecule has 0 amide bonds. The van der Waals surface area contributed by atoms with E-state index in [9.17, 15) is 0 Å². The lowest BCUT2D eigenvalue weighted by atomic mass is 10.4. The summed E-state index contributed by atoms with van der Waals surface area (Å²) in [4.78, 5) is 0. The molecule has 1 saturated heterocycles. The lowest BCUT2D eigenvalue weighted by Crippen LogP contribution is -1.82. The summed E-state index contributed by atoms with van der Waals surface area (Å²) >= 11 is 3.31. The second-order valence-electron chi connectivity index (χ2n) is 1.43. The quantitative estimate of drug-likeness (QED) is 0.426. The molecular weight excluding hydrogens is 144 g/mol. The van der Waals surface area contributed by atoms with E-state index >= 15 is 0 Å². The van der Waals surface area contributed by atoms with Gasteiger partial charge in [-0.2, -0.15) is 0 Å². The zero-order valence-electron chi connectivity index (χ0n) is 3.48. The van der Waals surface area contributed by atoms with E-state index in [-0.39, 0.29) is 0 Å². The molecule has 1 atom stereocenters. The van der Waals surface area contributed by atoms with E-state index in [0.717, 1.165) is 11.9 Å². The highest BCUT2D eigenvalue weighted by Gasteiger charge is 2.20. The predicted octanol–water partition coefficient (Wildman–Crippen LogP) is 1.17. The van der Waals surface area contributed by atoms with Gasteiger partial charge in [-0.1, -0.05) is 15.9 Å². The second-order valence-corrected chi connectivity index (χ2v) is 2.23. The summed E-state index contributed by atoms with van der Waals surface area (Å²) in [5.41, 5.74) is 0. The summed E-state index contributed by atoms with van der Waals surface area (Å²) in [5.74, 6) is 0. The first-order valence-electron chi connectivity index (χ1n) is 2.11. The van der Waals surface area contributed by atoms with Crippen molar-refractivity contribution in [2.24, 2.45) is 0 Å². The largest absolute Gasteiger partial charge is 0.373 e. The molecule has 0 unspecified atom stereocenters. The summed E-state index contributed by atoms with van der Waals surface area (Å²) in [7, 11) is 0. The molecular formula is C4H7BrO. The van der Waals surface area contributed by atoms with E-state index in [2.05, 4.69) is 15.9 Å². The molecule has 1 rings (SSSR count). The van der Waals surface area contributed by atoms with Crippen LogP contribution in [0.25, 0.3) is 0 Å². The van der Waals surface area contributed by atoms with Crippen molar-refractivity contribution in [1.82, 2.24) is 0 Å². The number of alkyl halides is 1. The molecule has 1 heterocycles. The zero-order valence-corrected chi connectivity index (χ0v) is 5.07. The van der Waals surface area contributed by atoms with Gasteiger partial charge in [-0.05, 0) is 6.42 Å². The number of hydrogen-bond acceptors (Lipinski definition) is 1. The van der Waals surface area contributed by atoms with E-state index in [0.29, 0.717) is 6.10 Å². The minimum Gasteiger partial charge on any atom is -0.373 e. The molecule has 0 spiro atoms. The van der Waals surface area contributed by atoms with E-state index in [4.69, 9.17) is 4.74 Å². The molecule has 2 heteroatoms. The van der Waals surface area contributed by atoms with Gasteiger partial charge in [0.25, 0.3) is 0 Å². The van der Waals surface area contributed by atoms with Crippen molar-refractivity contribution >= 4 is 15.9 Å². The lowest BCUT2D eigenvalue weighted by molar-refractivity contribution is 0.405. The van der Waals surface area contributed by atoms with Gasteiger partial charge in [-0.3, -0.25) is 0 Å². The van der Waals surface area contributed by atoms with Gasteiger partial charge in [0.1, 0.15) is 0 Å². The molecule has 0 radical (unpaired) electrons. The average molecular weight is 151 g/mol. The Bertz CT molecular complexity index is 42.8. The van der Waals surface area contributed by atoms with Crippen LogP contribution in [0.3, 0.4) is 0 Å². The monoisotopic (exact) mass is 150 g/mol. The molecule has 0 bridgehead atoms. The maximum Gasteiger partial charge on any atom is 0.0817 e. The number of ether oxygens (including phenoxy) is 1. The van der Waals surface area contributed by atoms with Crippen LogP contribution in [0, 0.1) is 0 Å². The lowest BCUT2D eigenvalue weighted by Gasteiger charge is -1.78. The number of epoxide rings is 1. The van der Waals surface area contributed by atoms with E-state index in [1.807, 2.05) is 0 Å². The maximum absolute atomic E-state index is 4.92. The third-order valence-corrected chi connectivity index (χ3v) is 1.29. The first kappa shape index (κ1) is 4.60. The fourth-order valence-corrected chi connectivity index (χ4v) is 0.867. The van der Waals surface area contributed by atoms with Crippen molar-refractivity contribution in [2.75, 3.05) is 11.9 Å². The summed E-state index contributed by atoms with van der Waals surface area (Å²) in [6.45, 7) is 0.992. The maximum atomic E-state index is 4.92. The predicted molar refractivity (Wildman–Crippen MR) is 28.2 cm³/mol. The average Bonchev–Trinajstić information content (AvgIpc) is 2.21. The Morgan fingerprint density at radius 3 is 2.67 bits per heavy atom. The van der Waals surface area contributed by atoms with Crippen molar-refractivity contribution in [3.05, 3.63) is 0 Å². The standard InChI is InChI=1S/C4H7BrO/c5-2-1-4-3-6-4/h4H,1-3H2/t4-/m1/s1. The summed E-state index contributed by atoms with van der Waals surface area (Å²) < 4.78 is 4.92. The minimum atomic E-state index is 0.601. The summed E-state index contributed by atoms with van der Waals surface area (Å²) in [6.07, 6.45) is 1.78. The van der Waals surface area contributed by atoms with Crippen LogP contribution in [0.4, 0.5) is 0 Å². The molecule has 1 aliphatic heterocycles. The molecule has 1 nitrogen and oxygen atoms in total. The molecule has 0 saturated carbocycles. The van der Waals surface area contributed by atoms with E-state index in [1.54, 1.807) is 0 Å². The van der Waals surface area contributed by atoms with Crippen molar-refractivity contribution in [3.63, 3.8) is 0 Å². The second kappa shape index (κ2) is 1.94. The van der Waals surface area contributed by atoms with Crippen LogP contribution in [0.5, 0.6) is 0 Å². The van der Waals surface area contributed by atoms with Crippen LogP contribution >= 0.6 is 15.9 Å². The van der Waals surface area contributed by atoms with Crippen molar-refractivity contribution in [3.8, 4) is 0 Å². The summed E-state index contributed by atoms with van der Waals surface area (Å²) in [5, 5.41) is 1.08. The zero-order chi connectivity index (χ0) is 4.41. The Balaban J connectivity index is 1.88. The Hall–Kier alpha value is 0.440. The van der Waals surface area contributed by atoms with Gasteiger partial charge in [-0.15, -0.1) is 0 Å². The van der Waals surface area contributed by atoms with Gasteiger partial charge in [-0.25, -0.2) is 0 Å². The Morgan fingerprint density at radius 2 is 2.50 bits per heavy atom. The van der Waals surface area contributed by atoms with Crippen LogP contribution in [0.2, 0.25) is 0 Å². The Kier molecular flexibility index (Phi) is 1.48. The van der Waals surface area contributed by atoms with Gasteiger partial charge >= 0.3 is 0 Å². The fourth-order valence-electron chi connectivity index (χ4n) is 0.356. The van der Waals surface area contributed by atoms with Crippen molar-refractivity contribution < 1.29 is 4.74 Å². The van der Waals surface area contributed by atoms with Crippen LogP contribution in [-0.2, 0) is 4.74 Å². The normalized spacial score (nSPS) is 30.5. The highest BCUT2D eigenvalue weighted by molar-refractivity contribution is 9.09. The number of halogens is 1. The van der Waals surface area contributed by atoms with E-state index in [1.165, 1.54) is 6.42 Å². The Labute approximate surface area is 45.8 Å². The van der Waals surface area contributed by atoms with E-state index < -0.39 is 0 Å². The minimum absolute atomic E-state index is 0.601. The van der Waals surface area contributed by atoms with Crippen LogP contribution in [0.1, 0.15) is 6.42 Å². The Morgan fingerprint density at radius 1 is 1.83 bits per heavy atom. The first-order valence-corrected chi connectivity index (χ1v) is 3.23. The number of rotatable bonds is 2. The van der Waals surface area contributed by atoms with Crippen molar-refractivity contribution in [1.29, 1.82) is 0 Å². The van der Waals surface area contributed by atoms with Crippen LogP contribution in [0.15, 0.2) is 0 Å². The SMILES string of the molecule is BrCC[C@@H]1CO1. The molecule has 0 N–H and O–H groups in total. The molecule has 36 valence electrons. The highest BCUT2D eigenvalue weighted by Crippen LogP contribution is 2.13. The molecule has 1 fully saturated rings. The third kappa shape index (κ3) is 1.27. The molecule has 0 aromatic rings. The highest BCUT2D eigenvalue weighted by atomic mass is 79.9. The van der Waals surface area contributed by atoms with Crippen LogP contribution in [-0.4, -0.2) is 18.0 Å². The van der Waals surface area contributed by atoms with Crippen molar-refractivity contribution in [2.45, 2.75) is 12.5 Å². The summed E-state index contributed by atoms with van der Waals surface area (Å²) in [6, 6.07) is 0.